The van der Waals surface area contributed by atoms with Crippen molar-refractivity contribution in [2.24, 2.45) is 5.10 Å². The smallest absolute Gasteiger partial charge is 0.240 e. The van der Waals surface area contributed by atoms with Crippen molar-refractivity contribution in [3.05, 3.63) is 84.9 Å². The molecule has 0 unspecified atom stereocenters. The molecule has 0 radical (unpaired) electrons. The molecule has 2 N–H and O–H groups in total. The van der Waals surface area contributed by atoms with Crippen LogP contribution in [0.3, 0.4) is 0 Å². The molecule has 0 atom stereocenters. The molecule has 0 saturated carbocycles. The molecule has 6 nitrogen and oxygen atoms in total. The van der Waals surface area contributed by atoms with Crippen LogP contribution in [0, 0.1) is 3.57 Å². The highest BCUT2D eigenvalue weighted by atomic mass is 127. The number of rotatable bonds is 9. The third kappa shape index (κ3) is 8.61. The Hall–Kier alpha value is -2.78. The van der Waals surface area contributed by atoms with Gasteiger partial charge in [-0.25, -0.2) is 5.43 Å². The van der Waals surface area contributed by atoms with Crippen LogP contribution in [0.2, 0.25) is 5.02 Å². The maximum absolute atomic E-state index is 12.6. The van der Waals surface area contributed by atoms with Gasteiger partial charge in [0.05, 0.1) is 16.9 Å². The molecular weight excluding hydrogens is 639 g/mol. The maximum atomic E-state index is 12.6. The van der Waals surface area contributed by atoms with E-state index < -0.39 is 0 Å². The fourth-order valence-corrected chi connectivity index (χ4v) is 5.07. The summed E-state index contributed by atoms with van der Waals surface area (Å²) in [6.45, 7) is 12.8. The number of amides is 1. The number of phenols is 1. The minimum Gasteiger partial charge on any atom is -0.507 e. The van der Waals surface area contributed by atoms with E-state index in [9.17, 15) is 9.90 Å². The molecule has 40 heavy (non-hydrogen) atoms. The van der Waals surface area contributed by atoms with Crippen molar-refractivity contribution in [1.82, 2.24) is 5.43 Å². The van der Waals surface area contributed by atoms with E-state index in [0.29, 0.717) is 35.3 Å². The highest BCUT2D eigenvalue weighted by Gasteiger charge is 2.26. The second-order valence-corrected chi connectivity index (χ2v) is 13.4. The van der Waals surface area contributed by atoms with E-state index >= 15 is 0 Å². The molecule has 0 saturated heterocycles. The van der Waals surface area contributed by atoms with Gasteiger partial charge >= 0.3 is 0 Å². The van der Waals surface area contributed by atoms with Gasteiger partial charge in [0.2, 0.25) is 5.91 Å². The lowest BCUT2D eigenvalue weighted by Crippen LogP contribution is -2.20. The van der Waals surface area contributed by atoms with Crippen LogP contribution in [0.1, 0.15) is 75.8 Å². The Morgan fingerprint density at radius 2 is 1.60 bits per heavy atom. The van der Waals surface area contributed by atoms with Crippen LogP contribution in [0.15, 0.2) is 53.6 Å². The number of ether oxygens (including phenoxy) is 2. The van der Waals surface area contributed by atoms with Gasteiger partial charge in [-0.15, -0.1) is 0 Å². The van der Waals surface area contributed by atoms with Gasteiger partial charge in [0, 0.05) is 11.4 Å². The first kappa shape index (κ1) is 31.7. The van der Waals surface area contributed by atoms with E-state index in [1.165, 1.54) is 0 Å². The molecule has 0 bridgehead atoms. The van der Waals surface area contributed by atoms with Crippen molar-refractivity contribution < 1.29 is 19.4 Å². The molecule has 0 heterocycles. The monoisotopic (exact) mass is 676 g/mol. The predicted octanol–water partition coefficient (Wildman–Crippen LogP) is 7.92. The number of aryl methyl sites for hydroxylation is 1. The molecular formula is C32H38ClIN2O4. The van der Waals surface area contributed by atoms with E-state index in [-0.39, 0.29) is 23.2 Å². The zero-order valence-electron chi connectivity index (χ0n) is 24.2. The Balaban J connectivity index is 1.65. The number of carbonyl (C=O) groups is 1. The minimum absolute atomic E-state index is 0.191. The summed E-state index contributed by atoms with van der Waals surface area (Å²) in [5.41, 5.74) is 6.73. The van der Waals surface area contributed by atoms with Gasteiger partial charge in [0.1, 0.15) is 12.4 Å². The lowest BCUT2D eigenvalue weighted by atomic mass is 9.78. The topological polar surface area (TPSA) is 80.2 Å². The van der Waals surface area contributed by atoms with Gasteiger partial charge in [-0.05, 0) is 91.9 Å². The Morgan fingerprint density at radius 3 is 2.15 bits per heavy atom. The van der Waals surface area contributed by atoms with Crippen LogP contribution in [-0.4, -0.2) is 24.3 Å². The lowest BCUT2D eigenvalue weighted by Gasteiger charge is -2.28. The van der Waals surface area contributed by atoms with Crippen LogP contribution in [0.4, 0.5) is 0 Å². The van der Waals surface area contributed by atoms with Crippen LogP contribution in [-0.2, 0) is 28.7 Å². The van der Waals surface area contributed by atoms with Crippen LogP contribution in [0.5, 0.6) is 17.2 Å². The van der Waals surface area contributed by atoms with Gasteiger partial charge < -0.3 is 14.6 Å². The molecule has 1 amide bonds. The molecule has 3 aromatic carbocycles. The highest BCUT2D eigenvalue weighted by Crippen LogP contribution is 2.40. The number of nitrogens with zero attached hydrogens (tertiary/aromatic N) is 1. The molecule has 0 aliphatic rings. The van der Waals surface area contributed by atoms with Crippen LogP contribution < -0.4 is 14.9 Å². The summed E-state index contributed by atoms with van der Waals surface area (Å²) < 4.78 is 12.4. The molecule has 0 aliphatic carbocycles. The summed E-state index contributed by atoms with van der Waals surface area (Å²) >= 11 is 8.16. The van der Waals surface area contributed by atoms with E-state index in [1.807, 2.05) is 48.5 Å². The molecule has 3 rings (SSSR count). The molecule has 214 valence electrons. The number of hydrazone groups is 1. The largest absolute Gasteiger partial charge is 0.507 e. The first-order chi connectivity index (χ1) is 18.7. The average Bonchev–Trinajstić information content (AvgIpc) is 2.86. The first-order valence-corrected chi connectivity index (χ1v) is 14.6. The summed E-state index contributed by atoms with van der Waals surface area (Å²) in [6, 6.07) is 15.2. The second kappa shape index (κ2) is 13.3. The quantitative estimate of drug-likeness (QED) is 0.137. The fourth-order valence-electron chi connectivity index (χ4n) is 4.17. The summed E-state index contributed by atoms with van der Waals surface area (Å²) in [6.07, 6.45) is 2.40. The summed E-state index contributed by atoms with van der Waals surface area (Å²) in [5, 5.41) is 15.8. The third-order valence-corrected chi connectivity index (χ3v) is 7.43. The predicted molar refractivity (Wildman–Crippen MR) is 171 cm³/mol. The van der Waals surface area contributed by atoms with Crippen molar-refractivity contribution in [3.8, 4) is 17.2 Å². The molecule has 0 aromatic heterocycles. The van der Waals surface area contributed by atoms with Gasteiger partial charge in [0.15, 0.2) is 11.5 Å². The molecule has 0 fully saturated rings. The highest BCUT2D eigenvalue weighted by molar-refractivity contribution is 14.1. The second-order valence-electron chi connectivity index (χ2n) is 11.8. The number of halogens is 2. The van der Waals surface area contributed by atoms with Crippen molar-refractivity contribution in [2.45, 2.75) is 71.8 Å². The lowest BCUT2D eigenvalue weighted by molar-refractivity contribution is -0.121. The number of carbonyl (C=O) groups excluding carboxylic acids is 1. The van der Waals surface area contributed by atoms with E-state index in [4.69, 9.17) is 21.1 Å². The molecule has 0 spiro atoms. The van der Waals surface area contributed by atoms with Crippen molar-refractivity contribution in [1.29, 1.82) is 0 Å². The van der Waals surface area contributed by atoms with Gasteiger partial charge in [0.25, 0.3) is 0 Å². The summed E-state index contributed by atoms with van der Waals surface area (Å²) in [7, 11) is 1.59. The Kier molecular flexibility index (Phi) is 10.5. The van der Waals surface area contributed by atoms with E-state index in [1.54, 1.807) is 13.3 Å². The minimum atomic E-state index is -0.221. The number of aromatic hydroxyl groups is 1. The van der Waals surface area contributed by atoms with Gasteiger partial charge in [-0.2, -0.15) is 5.10 Å². The van der Waals surface area contributed by atoms with Crippen molar-refractivity contribution in [3.63, 3.8) is 0 Å². The summed E-state index contributed by atoms with van der Waals surface area (Å²) in [4.78, 5) is 12.6. The standard InChI is InChI=1S/C32H38ClIN2O4/c1-31(2,3)24-14-21(15-25(29(24)38)32(4,5)6)10-13-28(37)36-35-18-22-16-26(34)30(27(17-22)39-7)40-19-20-8-11-23(33)12-9-20/h8-9,11-12,14-18,38H,10,13,19H2,1-7H3,(H,36,37)/b35-18-. The Bertz CT molecular complexity index is 1340. The average molecular weight is 677 g/mol. The van der Waals surface area contributed by atoms with Crippen molar-refractivity contribution >= 4 is 46.3 Å². The number of hydrogen-bond donors (Lipinski definition) is 2. The third-order valence-electron chi connectivity index (χ3n) is 6.38. The Morgan fingerprint density at radius 1 is 1.00 bits per heavy atom. The zero-order chi connectivity index (χ0) is 29.7. The van der Waals surface area contributed by atoms with E-state index in [2.05, 4.69) is 74.7 Å². The Labute approximate surface area is 256 Å². The normalized spacial score (nSPS) is 12.0. The van der Waals surface area contributed by atoms with Gasteiger partial charge in [-0.3, -0.25) is 4.79 Å². The molecule has 8 heteroatoms. The first-order valence-electron chi connectivity index (χ1n) is 13.1. The number of phenolic OH excluding ortho intramolecular Hbond substituents is 1. The molecule has 0 aliphatic heterocycles. The van der Waals surface area contributed by atoms with Crippen LogP contribution in [0.25, 0.3) is 0 Å². The number of benzene rings is 3. The number of nitrogens with one attached hydrogen (secondary N) is 1. The zero-order valence-corrected chi connectivity index (χ0v) is 27.1. The maximum Gasteiger partial charge on any atom is 0.240 e. The number of methoxy groups -OCH3 is 1. The van der Waals surface area contributed by atoms with Gasteiger partial charge in [-0.1, -0.05) is 77.4 Å². The fraction of sp³-hybridized carbons (Fsp3) is 0.375. The van der Waals surface area contributed by atoms with Crippen LogP contribution >= 0.6 is 34.2 Å². The van der Waals surface area contributed by atoms with E-state index in [0.717, 1.165) is 31.4 Å². The number of hydrogen-bond acceptors (Lipinski definition) is 5. The summed E-state index contributed by atoms with van der Waals surface area (Å²) in [5.74, 6) is 1.36. The molecule has 3 aromatic rings. The SMILES string of the molecule is COc1cc(/C=N\NC(=O)CCc2cc(C(C)(C)C)c(O)c(C(C)(C)C)c2)cc(I)c1OCc1ccc(Cl)cc1. The van der Waals surface area contributed by atoms with Crippen molar-refractivity contribution in [2.75, 3.05) is 7.11 Å².